The lowest BCUT2D eigenvalue weighted by Crippen LogP contribution is -2.15. The summed E-state index contributed by atoms with van der Waals surface area (Å²) in [6, 6.07) is 7.84. The SMILES string of the molecule is COc1cccc(Cn2ncnc2[C@@H](C)n2cc(Cl)cn2)c1. The molecular weight excluding hydrogens is 302 g/mol. The summed E-state index contributed by atoms with van der Waals surface area (Å²) in [7, 11) is 1.66. The Hall–Kier alpha value is -2.34. The maximum absolute atomic E-state index is 5.93. The Labute approximate surface area is 133 Å². The van der Waals surface area contributed by atoms with Crippen LogP contribution in [0.3, 0.4) is 0 Å². The van der Waals surface area contributed by atoms with Crippen LogP contribution in [0.4, 0.5) is 0 Å². The zero-order valence-corrected chi connectivity index (χ0v) is 13.1. The van der Waals surface area contributed by atoms with Gasteiger partial charge in [-0.3, -0.25) is 4.68 Å². The first kappa shape index (κ1) is 14.6. The second-order valence-electron chi connectivity index (χ2n) is 4.94. The van der Waals surface area contributed by atoms with Crippen LogP contribution in [0.1, 0.15) is 24.4 Å². The minimum Gasteiger partial charge on any atom is -0.497 e. The van der Waals surface area contributed by atoms with Crippen molar-refractivity contribution in [2.45, 2.75) is 19.5 Å². The summed E-state index contributed by atoms with van der Waals surface area (Å²) < 4.78 is 8.88. The van der Waals surface area contributed by atoms with Crippen LogP contribution in [0.15, 0.2) is 43.0 Å². The predicted molar refractivity (Wildman–Crippen MR) is 83.2 cm³/mol. The van der Waals surface area contributed by atoms with Crippen LogP contribution in [0.5, 0.6) is 5.75 Å². The highest BCUT2D eigenvalue weighted by Gasteiger charge is 2.16. The molecule has 6 nitrogen and oxygen atoms in total. The van der Waals surface area contributed by atoms with E-state index in [2.05, 4.69) is 15.2 Å². The molecule has 0 radical (unpaired) electrons. The fraction of sp³-hybridized carbons (Fsp3) is 0.267. The van der Waals surface area contributed by atoms with Crippen LogP contribution in [-0.2, 0) is 6.54 Å². The average molecular weight is 318 g/mol. The molecule has 2 aromatic heterocycles. The molecule has 3 rings (SSSR count). The van der Waals surface area contributed by atoms with Gasteiger partial charge in [-0.15, -0.1) is 0 Å². The van der Waals surface area contributed by atoms with Crippen molar-refractivity contribution in [3.63, 3.8) is 0 Å². The minimum atomic E-state index is -0.0550. The number of benzene rings is 1. The molecule has 0 spiro atoms. The second-order valence-corrected chi connectivity index (χ2v) is 5.38. The zero-order valence-electron chi connectivity index (χ0n) is 12.3. The Morgan fingerprint density at radius 1 is 1.32 bits per heavy atom. The Bertz CT molecular complexity index is 767. The van der Waals surface area contributed by atoms with E-state index in [4.69, 9.17) is 16.3 Å². The molecule has 0 saturated heterocycles. The van der Waals surface area contributed by atoms with Crippen LogP contribution in [0.2, 0.25) is 5.02 Å². The number of methoxy groups -OCH3 is 1. The van der Waals surface area contributed by atoms with Gasteiger partial charge >= 0.3 is 0 Å². The highest BCUT2D eigenvalue weighted by Crippen LogP contribution is 2.19. The highest BCUT2D eigenvalue weighted by molar-refractivity contribution is 6.30. The topological polar surface area (TPSA) is 57.8 Å². The maximum Gasteiger partial charge on any atom is 0.151 e. The fourth-order valence-corrected chi connectivity index (χ4v) is 2.45. The number of rotatable bonds is 5. The van der Waals surface area contributed by atoms with E-state index in [1.54, 1.807) is 30.5 Å². The van der Waals surface area contributed by atoms with E-state index in [1.165, 1.54) is 0 Å². The summed E-state index contributed by atoms with van der Waals surface area (Å²) in [5, 5.41) is 9.14. The average Bonchev–Trinajstić information content (AvgIpc) is 3.16. The van der Waals surface area contributed by atoms with E-state index in [9.17, 15) is 0 Å². The first-order valence-corrected chi connectivity index (χ1v) is 7.25. The van der Waals surface area contributed by atoms with Crippen molar-refractivity contribution < 1.29 is 4.74 Å². The number of hydrogen-bond donors (Lipinski definition) is 0. The zero-order chi connectivity index (χ0) is 15.5. The van der Waals surface area contributed by atoms with E-state index in [1.807, 2.05) is 35.9 Å². The summed E-state index contributed by atoms with van der Waals surface area (Å²) in [6.07, 6.45) is 4.94. The molecule has 7 heteroatoms. The highest BCUT2D eigenvalue weighted by atomic mass is 35.5. The van der Waals surface area contributed by atoms with Crippen molar-refractivity contribution in [1.29, 1.82) is 0 Å². The van der Waals surface area contributed by atoms with Gasteiger partial charge in [0.1, 0.15) is 18.1 Å². The van der Waals surface area contributed by atoms with Gasteiger partial charge in [0.2, 0.25) is 0 Å². The van der Waals surface area contributed by atoms with E-state index < -0.39 is 0 Å². The number of nitrogens with zero attached hydrogens (tertiary/aromatic N) is 5. The van der Waals surface area contributed by atoms with Crippen LogP contribution in [-0.4, -0.2) is 31.7 Å². The molecule has 0 aliphatic heterocycles. The van der Waals surface area contributed by atoms with Gasteiger partial charge in [-0.1, -0.05) is 23.7 Å². The van der Waals surface area contributed by atoms with Crippen LogP contribution in [0, 0.1) is 0 Å². The molecule has 1 aromatic carbocycles. The Balaban J connectivity index is 1.85. The van der Waals surface area contributed by atoms with Crippen molar-refractivity contribution in [2.75, 3.05) is 7.11 Å². The van der Waals surface area contributed by atoms with Crippen molar-refractivity contribution >= 4 is 11.6 Å². The predicted octanol–water partition coefficient (Wildman–Crippen LogP) is 2.79. The monoisotopic (exact) mass is 317 g/mol. The third kappa shape index (κ3) is 2.96. The molecule has 22 heavy (non-hydrogen) atoms. The number of aromatic nitrogens is 5. The molecule has 0 saturated carbocycles. The molecule has 0 unspecified atom stereocenters. The lowest BCUT2D eigenvalue weighted by atomic mass is 10.2. The van der Waals surface area contributed by atoms with E-state index in [0.717, 1.165) is 17.1 Å². The first-order valence-electron chi connectivity index (χ1n) is 6.87. The molecule has 0 amide bonds. The molecule has 0 bridgehead atoms. The van der Waals surface area contributed by atoms with Gasteiger partial charge in [-0.25, -0.2) is 9.67 Å². The molecule has 0 fully saturated rings. The van der Waals surface area contributed by atoms with E-state index in [-0.39, 0.29) is 6.04 Å². The van der Waals surface area contributed by atoms with Crippen molar-refractivity contribution in [2.24, 2.45) is 0 Å². The second kappa shape index (κ2) is 6.19. The van der Waals surface area contributed by atoms with Gasteiger partial charge in [0.15, 0.2) is 5.82 Å². The standard InChI is InChI=1S/C15H16ClN5O/c1-11(20-9-13(16)7-18-20)15-17-10-19-21(15)8-12-4-3-5-14(6-12)22-2/h3-7,9-11H,8H2,1-2H3/t11-/m1/s1. The summed E-state index contributed by atoms with van der Waals surface area (Å²) >= 11 is 5.93. The summed E-state index contributed by atoms with van der Waals surface area (Å²) in [4.78, 5) is 4.36. The van der Waals surface area contributed by atoms with Gasteiger partial charge in [0.05, 0.1) is 24.9 Å². The maximum atomic E-state index is 5.93. The normalized spacial score (nSPS) is 12.3. The smallest absolute Gasteiger partial charge is 0.151 e. The molecule has 3 aromatic rings. The number of hydrogen-bond acceptors (Lipinski definition) is 4. The van der Waals surface area contributed by atoms with Gasteiger partial charge in [0, 0.05) is 6.20 Å². The van der Waals surface area contributed by atoms with Crippen molar-refractivity contribution in [3.05, 3.63) is 59.4 Å². The van der Waals surface area contributed by atoms with Gasteiger partial charge in [0.25, 0.3) is 0 Å². The van der Waals surface area contributed by atoms with Gasteiger partial charge < -0.3 is 4.74 Å². The molecule has 114 valence electrons. The quantitative estimate of drug-likeness (QED) is 0.726. The summed E-state index contributed by atoms with van der Waals surface area (Å²) in [6.45, 7) is 2.63. The lowest BCUT2D eigenvalue weighted by molar-refractivity contribution is 0.414. The summed E-state index contributed by atoms with van der Waals surface area (Å²) in [5.41, 5.74) is 1.09. The number of ether oxygens (including phenoxy) is 1. The molecule has 1 atom stereocenters. The molecule has 2 heterocycles. The Morgan fingerprint density at radius 2 is 2.18 bits per heavy atom. The third-order valence-corrected chi connectivity index (χ3v) is 3.65. The van der Waals surface area contributed by atoms with Crippen molar-refractivity contribution in [3.8, 4) is 5.75 Å². The lowest BCUT2D eigenvalue weighted by Gasteiger charge is -2.13. The molecule has 0 N–H and O–H groups in total. The largest absolute Gasteiger partial charge is 0.497 e. The Kier molecular flexibility index (Phi) is 4.11. The van der Waals surface area contributed by atoms with E-state index in [0.29, 0.717) is 11.6 Å². The summed E-state index contributed by atoms with van der Waals surface area (Å²) in [5.74, 6) is 1.65. The Morgan fingerprint density at radius 3 is 2.91 bits per heavy atom. The molecule has 0 aliphatic rings. The fourth-order valence-electron chi connectivity index (χ4n) is 2.31. The molecule has 0 aliphatic carbocycles. The van der Waals surface area contributed by atoms with Gasteiger partial charge in [-0.05, 0) is 24.6 Å². The first-order chi connectivity index (χ1) is 10.7. The third-order valence-electron chi connectivity index (χ3n) is 3.45. The van der Waals surface area contributed by atoms with Crippen LogP contribution < -0.4 is 4.74 Å². The van der Waals surface area contributed by atoms with Gasteiger partial charge in [-0.2, -0.15) is 10.2 Å². The molecular formula is C15H16ClN5O. The minimum absolute atomic E-state index is 0.0550. The van der Waals surface area contributed by atoms with Crippen LogP contribution >= 0.6 is 11.6 Å². The van der Waals surface area contributed by atoms with E-state index >= 15 is 0 Å². The van der Waals surface area contributed by atoms with Crippen LogP contribution in [0.25, 0.3) is 0 Å². The number of halogens is 1. The van der Waals surface area contributed by atoms with Crippen molar-refractivity contribution in [1.82, 2.24) is 24.5 Å².